The second kappa shape index (κ2) is 9.55. The van der Waals surface area contributed by atoms with E-state index in [9.17, 15) is 19.7 Å². The molecular weight excluding hydrogens is 558 g/mol. The summed E-state index contributed by atoms with van der Waals surface area (Å²) in [7, 11) is 0. The smallest absolute Gasteiger partial charge is 0.357 e. The van der Waals surface area contributed by atoms with Crippen LogP contribution in [0.5, 0.6) is 5.75 Å². The van der Waals surface area contributed by atoms with Crippen LogP contribution in [0.3, 0.4) is 0 Å². The van der Waals surface area contributed by atoms with Gasteiger partial charge >= 0.3 is 16.9 Å². The maximum Gasteiger partial charge on any atom is 0.357 e. The Morgan fingerprint density at radius 1 is 0.970 bits per heavy atom. The standard InChI is InChI=1S/C23H15Br2N3O5/c24-17-10-13(8-9-19-20(28(31)32)22(29)27-23(30)26-19)11-18(25)21(17)33-12-15-6-3-5-14-4-1-2-7-16(14)15/h1-11H,12H2,(H2,26,27,29,30)/b9-8+. The highest BCUT2D eigenvalue weighted by Gasteiger charge is 2.19. The predicted octanol–water partition coefficient (Wildman–Crippen LogP) is 5.40. The van der Waals surface area contributed by atoms with Gasteiger partial charge in [-0.25, -0.2) is 4.79 Å². The molecular formula is C23H15Br2N3O5. The zero-order chi connectivity index (χ0) is 23.5. The molecule has 166 valence electrons. The van der Waals surface area contributed by atoms with Gasteiger partial charge in [0.15, 0.2) is 0 Å². The highest BCUT2D eigenvalue weighted by molar-refractivity contribution is 9.11. The molecule has 3 aromatic carbocycles. The Morgan fingerprint density at radius 2 is 1.67 bits per heavy atom. The first-order chi connectivity index (χ1) is 15.8. The number of nitrogens with one attached hydrogen (secondary N) is 2. The van der Waals surface area contributed by atoms with E-state index in [1.54, 1.807) is 18.2 Å². The summed E-state index contributed by atoms with van der Waals surface area (Å²) in [6.07, 6.45) is 2.85. The van der Waals surface area contributed by atoms with E-state index in [2.05, 4.69) is 36.8 Å². The number of ether oxygens (including phenoxy) is 1. The van der Waals surface area contributed by atoms with E-state index < -0.39 is 21.9 Å². The largest absolute Gasteiger partial charge is 0.487 e. The van der Waals surface area contributed by atoms with Crippen LogP contribution in [0.4, 0.5) is 5.69 Å². The molecule has 0 saturated carbocycles. The lowest BCUT2D eigenvalue weighted by molar-refractivity contribution is -0.386. The summed E-state index contributed by atoms with van der Waals surface area (Å²) in [5.41, 5.74) is -1.13. The summed E-state index contributed by atoms with van der Waals surface area (Å²) < 4.78 is 7.38. The molecule has 1 heterocycles. The number of benzene rings is 3. The first kappa shape index (κ1) is 22.7. The van der Waals surface area contributed by atoms with E-state index in [0.29, 0.717) is 26.9 Å². The second-order valence-electron chi connectivity index (χ2n) is 7.00. The highest BCUT2D eigenvalue weighted by Crippen LogP contribution is 2.36. The molecule has 0 atom stereocenters. The number of hydrogen-bond acceptors (Lipinski definition) is 5. The van der Waals surface area contributed by atoms with Gasteiger partial charge in [0.05, 0.1) is 13.9 Å². The summed E-state index contributed by atoms with van der Waals surface area (Å²) in [6, 6.07) is 17.6. The molecule has 1 aromatic heterocycles. The molecule has 8 nitrogen and oxygen atoms in total. The molecule has 0 spiro atoms. The average molecular weight is 573 g/mol. The Kier molecular flexibility index (Phi) is 6.57. The molecule has 0 aliphatic heterocycles. The Hall–Kier alpha value is -3.50. The van der Waals surface area contributed by atoms with E-state index in [-0.39, 0.29) is 5.69 Å². The minimum atomic E-state index is -1.07. The summed E-state index contributed by atoms with van der Waals surface area (Å²) in [6.45, 7) is 0.355. The third kappa shape index (κ3) is 4.96. The number of fused-ring (bicyclic) bond motifs is 1. The molecule has 0 unspecified atom stereocenters. The maximum atomic E-state index is 11.8. The fourth-order valence-electron chi connectivity index (χ4n) is 3.36. The zero-order valence-corrected chi connectivity index (χ0v) is 20.0. The van der Waals surface area contributed by atoms with Crippen LogP contribution in [0.2, 0.25) is 0 Å². The molecule has 0 radical (unpaired) electrons. The first-order valence-electron chi connectivity index (χ1n) is 9.61. The lowest BCUT2D eigenvalue weighted by Crippen LogP contribution is -2.25. The third-order valence-electron chi connectivity index (χ3n) is 4.84. The minimum Gasteiger partial charge on any atom is -0.487 e. The van der Waals surface area contributed by atoms with Gasteiger partial charge < -0.3 is 9.72 Å². The van der Waals surface area contributed by atoms with Gasteiger partial charge in [0.2, 0.25) is 0 Å². The van der Waals surface area contributed by atoms with E-state index >= 15 is 0 Å². The van der Waals surface area contributed by atoms with E-state index in [0.717, 1.165) is 16.3 Å². The van der Waals surface area contributed by atoms with Gasteiger partial charge in [0.1, 0.15) is 18.1 Å². The van der Waals surface area contributed by atoms with Crippen LogP contribution >= 0.6 is 31.9 Å². The highest BCUT2D eigenvalue weighted by atomic mass is 79.9. The molecule has 0 bridgehead atoms. The van der Waals surface area contributed by atoms with Crippen LogP contribution in [-0.2, 0) is 6.61 Å². The SMILES string of the molecule is O=c1[nH]c(/C=C/c2cc(Br)c(OCc3cccc4ccccc34)c(Br)c2)c([N+](=O)[O-])c(=O)[nH]1. The number of nitrogens with zero attached hydrogens (tertiary/aromatic N) is 1. The van der Waals surface area contributed by atoms with E-state index in [1.165, 1.54) is 6.08 Å². The minimum absolute atomic E-state index is 0.197. The molecule has 0 saturated heterocycles. The molecule has 10 heteroatoms. The van der Waals surface area contributed by atoms with Gasteiger partial charge in [-0.05, 0) is 72.0 Å². The van der Waals surface area contributed by atoms with Crippen molar-refractivity contribution in [3.8, 4) is 5.75 Å². The van der Waals surface area contributed by atoms with Crippen molar-refractivity contribution >= 4 is 60.5 Å². The average Bonchev–Trinajstić information content (AvgIpc) is 2.76. The number of hydrogen-bond donors (Lipinski definition) is 2. The Balaban J connectivity index is 1.60. The number of aromatic amines is 2. The fraction of sp³-hybridized carbons (Fsp3) is 0.0435. The Morgan fingerprint density at radius 3 is 2.39 bits per heavy atom. The van der Waals surface area contributed by atoms with Gasteiger partial charge in [-0.2, -0.15) is 0 Å². The molecule has 33 heavy (non-hydrogen) atoms. The summed E-state index contributed by atoms with van der Waals surface area (Å²) in [5, 5.41) is 13.4. The molecule has 2 N–H and O–H groups in total. The summed E-state index contributed by atoms with van der Waals surface area (Å²) in [4.78, 5) is 37.7. The number of H-pyrrole nitrogens is 2. The van der Waals surface area contributed by atoms with Crippen LogP contribution in [0.15, 0.2) is 73.1 Å². The summed E-state index contributed by atoms with van der Waals surface area (Å²) in [5.74, 6) is 0.593. The third-order valence-corrected chi connectivity index (χ3v) is 6.02. The molecule has 0 amide bonds. The van der Waals surface area contributed by atoms with Crippen molar-refractivity contribution in [3.63, 3.8) is 0 Å². The van der Waals surface area contributed by atoms with Crippen LogP contribution in [0, 0.1) is 10.1 Å². The van der Waals surface area contributed by atoms with Crippen LogP contribution in [-0.4, -0.2) is 14.9 Å². The normalized spacial score (nSPS) is 11.2. The van der Waals surface area contributed by atoms with Crippen molar-refractivity contribution in [3.05, 3.63) is 111 Å². The van der Waals surface area contributed by atoms with Gasteiger partial charge in [0.25, 0.3) is 0 Å². The first-order valence-corrected chi connectivity index (χ1v) is 11.2. The number of aromatic nitrogens is 2. The molecule has 4 aromatic rings. The lowest BCUT2D eigenvalue weighted by Gasteiger charge is -2.13. The number of nitro groups is 1. The van der Waals surface area contributed by atoms with Crippen molar-refractivity contribution < 1.29 is 9.66 Å². The van der Waals surface area contributed by atoms with Crippen LogP contribution in [0.25, 0.3) is 22.9 Å². The predicted molar refractivity (Wildman–Crippen MR) is 133 cm³/mol. The van der Waals surface area contributed by atoms with Crippen LogP contribution in [0.1, 0.15) is 16.8 Å². The van der Waals surface area contributed by atoms with E-state index in [4.69, 9.17) is 4.74 Å². The molecule has 0 aliphatic rings. The van der Waals surface area contributed by atoms with E-state index in [1.807, 2.05) is 47.4 Å². The number of rotatable bonds is 6. The van der Waals surface area contributed by atoms with Crippen molar-refractivity contribution in [1.29, 1.82) is 0 Å². The van der Waals surface area contributed by atoms with Gasteiger partial charge in [-0.15, -0.1) is 0 Å². The zero-order valence-electron chi connectivity index (χ0n) is 16.8. The second-order valence-corrected chi connectivity index (χ2v) is 8.71. The lowest BCUT2D eigenvalue weighted by atomic mass is 10.1. The van der Waals surface area contributed by atoms with Crippen LogP contribution < -0.4 is 16.0 Å². The maximum absolute atomic E-state index is 11.8. The molecule has 4 rings (SSSR count). The topological polar surface area (TPSA) is 118 Å². The molecule has 0 aliphatic carbocycles. The summed E-state index contributed by atoms with van der Waals surface area (Å²) >= 11 is 7.00. The van der Waals surface area contributed by atoms with Crippen molar-refractivity contribution in [2.75, 3.05) is 0 Å². The molecule has 0 fully saturated rings. The number of halogens is 2. The quantitative estimate of drug-likeness (QED) is 0.237. The van der Waals surface area contributed by atoms with Gasteiger partial charge in [0, 0.05) is 0 Å². The Labute approximate surface area is 203 Å². The van der Waals surface area contributed by atoms with Crippen molar-refractivity contribution in [2.45, 2.75) is 6.61 Å². The Bertz CT molecular complexity index is 1500. The van der Waals surface area contributed by atoms with Crippen molar-refractivity contribution in [2.24, 2.45) is 0 Å². The van der Waals surface area contributed by atoms with Gasteiger partial charge in [-0.1, -0.05) is 48.5 Å². The van der Waals surface area contributed by atoms with Gasteiger partial charge in [-0.3, -0.25) is 19.9 Å². The van der Waals surface area contributed by atoms with Crippen molar-refractivity contribution in [1.82, 2.24) is 9.97 Å². The fourth-order valence-corrected chi connectivity index (χ4v) is 4.81. The monoisotopic (exact) mass is 571 g/mol.